The van der Waals surface area contributed by atoms with E-state index in [0.717, 1.165) is 5.56 Å². The van der Waals surface area contributed by atoms with Gasteiger partial charge in [0.05, 0.1) is 18.3 Å². The third-order valence-corrected chi connectivity index (χ3v) is 2.59. The van der Waals surface area contributed by atoms with E-state index in [1.807, 2.05) is 0 Å². The molecule has 19 heavy (non-hydrogen) atoms. The second-order valence-corrected chi connectivity index (χ2v) is 4.16. The maximum atomic E-state index is 12.7. The number of amides is 1. The molecule has 0 radical (unpaired) electrons. The number of nitrogen functional groups attached to an aromatic ring is 1. The number of benzene rings is 1. The van der Waals surface area contributed by atoms with Crippen LogP contribution in [0.1, 0.15) is 11.3 Å². The molecule has 0 unspecified atom stereocenters. The number of anilines is 1. The van der Waals surface area contributed by atoms with Crippen molar-refractivity contribution in [3.63, 3.8) is 0 Å². The highest BCUT2D eigenvalue weighted by Gasteiger charge is 2.04. The van der Waals surface area contributed by atoms with Crippen LogP contribution in [0.5, 0.6) is 0 Å². The van der Waals surface area contributed by atoms with Crippen molar-refractivity contribution in [2.45, 2.75) is 13.0 Å². The van der Waals surface area contributed by atoms with Gasteiger partial charge in [0.15, 0.2) is 0 Å². The van der Waals surface area contributed by atoms with Crippen LogP contribution in [0, 0.1) is 5.82 Å². The lowest BCUT2D eigenvalue weighted by Crippen LogP contribution is -2.24. The van der Waals surface area contributed by atoms with Gasteiger partial charge in [-0.2, -0.15) is 0 Å². The summed E-state index contributed by atoms with van der Waals surface area (Å²) in [6.45, 7) is 0.369. The molecule has 0 aliphatic rings. The second kappa shape index (κ2) is 5.95. The summed E-state index contributed by atoms with van der Waals surface area (Å²) >= 11 is 0. The topological polar surface area (TPSA) is 68.0 Å². The number of nitrogens with two attached hydrogens (primary N) is 1. The Morgan fingerprint density at radius 3 is 2.58 bits per heavy atom. The van der Waals surface area contributed by atoms with E-state index in [4.69, 9.17) is 5.73 Å². The number of carbonyl (C=O) groups is 1. The molecule has 0 atom stereocenters. The van der Waals surface area contributed by atoms with Crippen LogP contribution in [-0.2, 0) is 17.8 Å². The standard InChI is InChI=1S/C14H14FN3O/c15-11-3-1-10(2-4-11)8-18-14(19)7-13-6-5-12(16)9-17-13/h1-6,9H,7-8,16H2,(H,18,19). The third kappa shape index (κ3) is 4.06. The van der Waals surface area contributed by atoms with Crippen molar-refractivity contribution in [3.8, 4) is 0 Å². The van der Waals surface area contributed by atoms with Crippen molar-refractivity contribution in [3.05, 3.63) is 59.7 Å². The minimum absolute atomic E-state index is 0.137. The van der Waals surface area contributed by atoms with Gasteiger partial charge in [0.1, 0.15) is 5.82 Å². The van der Waals surface area contributed by atoms with Gasteiger partial charge in [-0.15, -0.1) is 0 Å². The fourth-order valence-corrected chi connectivity index (χ4v) is 1.57. The molecule has 0 aliphatic carbocycles. The van der Waals surface area contributed by atoms with Crippen LogP contribution in [0.3, 0.4) is 0 Å². The van der Waals surface area contributed by atoms with E-state index in [9.17, 15) is 9.18 Å². The van der Waals surface area contributed by atoms with Crippen molar-refractivity contribution in [1.82, 2.24) is 10.3 Å². The molecule has 1 aromatic carbocycles. The fraction of sp³-hybridized carbons (Fsp3) is 0.143. The number of hydrogen-bond acceptors (Lipinski definition) is 3. The van der Waals surface area contributed by atoms with E-state index in [1.54, 1.807) is 24.3 Å². The normalized spacial score (nSPS) is 10.2. The Balaban J connectivity index is 1.84. The molecule has 0 spiro atoms. The summed E-state index contributed by atoms with van der Waals surface area (Å²) in [6.07, 6.45) is 1.71. The maximum absolute atomic E-state index is 12.7. The van der Waals surface area contributed by atoms with Crippen LogP contribution < -0.4 is 11.1 Å². The highest BCUT2D eigenvalue weighted by molar-refractivity contribution is 5.78. The number of rotatable bonds is 4. The first-order chi connectivity index (χ1) is 9.13. The first-order valence-electron chi connectivity index (χ1n) is 5.85. The molecule has 0 bridgehead atoms. The Morgan fingerprint density at radius 1 is 1.21 bits per heavy atom. The molecule has 98 valence electrons. The lowest BCUT2D eigenvalue weighted by Gasteiger charge is -2.05. The van der Waals surface area contributed by atoms with E-state index in [0.29, 0.717) is 17.9 Å². The number of nitrogens with zero attached hydrogens (tertiary/aromatic N) is 1. The highest BCUT2D eigenvalue weighted by Crippen LogP contribution is 2.04. The van der Waals surface area contributed by atoms with Gasteiger partial charge in [-0.3, -0.25) is 9.78 Å². The Hall–Kier alpha value is -2.43. The quantitative estimate of drug-likeness (QED) is 0.877. The third-order valence-electron chi connectivity index (χ3n) is 2.59. The summed E-state index contributed by atoms with van der Waals surface area (Å²) in [6, 6.07) is 9.42. The van der Waals surface area contributed by atoms with Crippen LogP contribution >= 0.6 is 0 Å². The molecule has 2 aromatic rings. The number of aromatic nitrogens is 1. The Bertz CT molecular complexity index is 552. The largest absolute Gasteiger partial charge is 0.397 e. The molecule has 5 heteroatoms. The predicted octanol–water partition coefficient (Wildman–Crippen LogP) is 1.66. The fourth-order valence-electron chi connectivity index (χ4n) is 1.57. The highest BCUT2D eigenvalue weighted by atomic mass is 19.1. The Morgan fingerprint density at radius 2 is 1.95 bits per heavy atom. The van der Waals surface area contributed by atoms with Crippen LogP contribution in [0.15, 0.2) is 42.6 Å². The van der Waals surface area contributed by atoms with Crippen molar-refractivity contribution < 1.29 is 9.18 Å². The van der Waals surface area contributed by atoms with Crippen molar-refractivity contribution in [2.75, 3.05) is 5.73 Å². The Kier molecular flexibility index (Phi) is 4.07. The van der Waals surface area contributed by atoms with E-state index < -0.39 is 0 Å². The van der Waals surface area contributed by atoms with Crippen molar-refractivity contribution in [1.29, 1.82) is 0 Å². The Labute approximate surface area is 110 Å². The molecular formula is C14H14FN3O. The minimum Gasteiger partial charge on any atom is -0.397 e. The summed E-state index contributed by atoms with van der Waals surface area (Å²) in [5.41, 5.74) is 7.58. The number of carbonyl (C=O) groups excluding carboxylic acids is 1. The zero-order valence-electron chi connectivity index (χ0n) is 10.3. The molecule has 4 nitrogen and oxygen atoms in total. The van der Waals surface area contributed by atoms with E-state index in [1.165, 1.54) is 18.3 Å². The van der Waals surface area contributed by atoms with Crippen molar-refractivity contribution >= 4 is 11.6 Å². The van der Waals surface area contributed by atoms with Gasteiger partial charge in [-0.1, -0.05) is 12.1 Å². The van der Waals surface area contributed by atoms with E-state index in [2.05, 4.69) is 10.3 Å². The average molecular weight is 259 g/mol. The minimum atomic E-state index is -0.291. The van der Waals surface area contributed by atoms with Gasteiger partial charge >= 0.3 is 0 Å². The van der Waals surface area contributed by atoms with Gasteiger partial charge < -0.3 is 11.1 Å². The van der Waals surface area contributed by atoms with Crippen LogP contribution in [0.4, 0.5) is 10.1 Å². The number of hydrogen-bond donors (Lipinski definition) is 2. The summed E-state index contributed by atoms with van der Waals surface area (Å²) in [4.78, 5) is 15.7. The molecule has 0 saturated carbocycles. The molecule has 0 fully saturated rings. The smallest absolute Gasteiger partial charge is 0.226 e. The first kappa shape index (κ1) is 13.0. The molecule has 1 amide bonds. The predicted molar refractivity (Wildman–Crippen MR) is 70.6 cm³/mol. The molecule has 0 aliphatic heterocycles. The second-order valence-electron chi connectivity index (χ2n) is 4.16. The maximum Gasteiger partial charge on any atom is 0.226 e. The molecule has 3 N–H and O–H groups in total. The summed E-state index contributed by atoms with van der Waals surface area (Å²) in [5, 5.41) is 2.75. The molecule has 1 aromatic heterocycles. The first-order valence-corrected chi connectivity index (χ1v) is 5.85. The van der Waals surface area contributed by atoms with E-state index in [-0.39, 0.29) is 18.1 Å². The summed E-state index contributed by atoms with van der Waals surface area (Å²) < 4.78 is 12.7. The zero-order valence-corrected chi connectivity index (χ0v) is 10.3. The van der Waals surface area contributed by atoms with E-state index >= 15 is 0 Å². The van der Waals surface area contributed by atoms with Gasteiger partial charge in [-0.25, -0.2) is 4.39 Å². The van der Waals surface area contributed by atoms with Gasteiger partial charge in [0, 0.05) is 12.2 Å². The SMILES string of the molecule is Nc1ccc(CC(=O)NCc2ccc(F)cc2)nc1. The summed E-state index contributed by atoms with van der Waals surface area (Å²) in [7, 11) is 0. The molecule has 1 heterocycles. The van der Waals surface area contributed by atoms with Gasteiger partial charge in [0.2, 0.25) is 5.91 Å². The molecule has 2 rings (SSSR count). The number of halogens is 1. The lowest BCUT2D eigenvalue weighted by molar-refractivity contribution is -0.120. The van der Waals surface area contributed by atoms with Crippen LogP contribution in [-0.4, -0.2) is 10.9 Å². The summed E-state index contributed by atoms with van der Waals surface area (Å²) in [5.74, 6) is -0.428. The van der Waals surface area contributed by atoms with Crippen molar-refractivity contribution in [2.24, 2.45) is 0 Å². The monoisotopic (exact) mass is 259 g/mol. The molecular weight excluding hydrogens is 245 g/mol. The van der Waals surface area contributed by atoms with Gasteiger partial charge in [-0.05, 0) is 29.8 Å². The number of pyridine rings is 1. The number of nitrogens with one attached hydrogen (secondary N) is 1. The average Bonchev–Trinajstić information content (AvgIpc) is 2.41. The van der Waals surface area contributed by atoms with Crippen LogP contribution in [0.2, 0.25) is 0 Å². The lowest BCUT2D eigenvalue weighted by atomic mass is 10.2. The van der Waals surface area contributed by atoms with Gasteiger partial charge in [0.25, 0.3) is 0 Å². The zero-order chi connectivity index (χ0) is 13.7. The van der Waals surface area contributed by atoms with Crippen LogP contribution in [0.25, 0.3) is 0 Å². The molecule has 0 saturated heterocycles.